The van der Waals surface area contributed by atoms with Crippen LogP contribution in [-0.4, -0.2) is 38.0 Å². The molecule has 4 aromatic rings. The van der Waals surface area contributed by atoms with Gasteiger partial charge in [-0.15, -0.1) is 0 Å². The van der Waals surface area contributed by atoms with Crippen molar-refractivity contribution in [3.8, 4) is 0 Å². The van der Waals surface area contributed by atoms with Crippen molar-refractivity contribution < 1.29 is 28.7 Å². The lowest BCUT2D eigenvalue weighted by molar-refractivity contribution is 0.0592. The Bertz CT molecular complexity index is 1400. The molecule has 4 aromatic carbocycles. The second-order valence-corrected chi connectivity index (χ2v) is 8.56. The van der Waals surface area contributed by atoms with Crippen LogP contribution in [-0.2, 0) is 15.9 Å². The highest BCUT2D eigenvalue weighted by Crippen LogP contribution is 2.25. The number of nitrogens with one attached hydrogen (secondary N) is 2. The fourth-order valence-corrected chi connectivity index (χ4v) is 3.99. The maximum Gasteiger partial charge on any atom is 0.339 e. The summed E-state index contributed by atoms with van der Waals surface area (Å²) in [5, 5.41) is 5.60. The zero-order chi connectivity index (χ0) is 27.8. The van der Waals surface area contributed by atoms with E-state index in [1.807, 2.05) is 0 Å². The lowest BCUT2D eigenvalue weighted by atomic mass is 9.99. The number of carbonyl (C=O) groups excluding carboxylic acids is 4. The summed E-state index contributed by atoms with van der Waals surface area (Å²) >= 11 is 0. The third-order valence-electron chi connectivity index (χ3n) is 5.96. The minimum atomic E-state index is -0.585. The Morgan fingerprint density at radius 3 is 1.31 bits per heavy atom. The van der Waals surface area contributed by atoms with Crippen molar-refractivity contribution in [1.82, 2.24) is 0 Å². The smallest absolute Gasteiger partial charge is 0.339 e. The monoisotopic (exact) mass is 522 g/mol. The summed E-state index contributed by atoms with van der Waals surface area (Å²) in [5.74, 6) is -1.91. The van der Waals surface area contributed by atoms with Crippen molar-refractivity contribution in [1.29, 1.82) is 0 Å². The minimum Gasteiger partial charge on any atom is -0.465 e. The first kappa shape index (κ1) is 26.8. The number of ether oxygens (including phenoxy) is 2. The molecule has 0 fully saturated rings. The maximum atomic E-state index is 12.8. The molecule has 0 aromatic heterocycles. The highest BCUT2D eigenvalue weighted by atomic mass is 16.5. The normalized spacial score (nSPS) is 10.3. The number of rotatable bonds is 8. The van der Waals surface area contributed by atoms with E-state index >= 15 is 0 Å². The highest BCUT2D eigenvalue weighted by Gasteiger charge is 2.18. The number of carbonyl (C=O) groups is 4. The Hall–Kier alpha value is -5.24. The van der Waals surface area contributed by atoms with Gasteiger partial charge in [-0.2, -0.15) is 0 Å². The van der Waals surface area contributed by atoms with E-state index in [0.717, 1.165) is 11.1 Å². The van der Waals surface area contributed by atoms with E-state index in [-0.39, 0.29) is 22.9 Å². The van der Waals surface area contributed by atoms with Crippen LogP contribution in [0.5, 0.6) is 0 Å². The van der Waals surface area contributed by atoms with Crippen LogP contribution in [0.15, 0.2) is 97.1 Å². The van der Waals surface area contributed by atoms with Crippen LogP contribution in [0.4, 0.5) is 11.4 Å². The van der Waals surface area contributed by atoms with Crippen molar-refractivity contribution >= 4 is 35.1 Å². The van der Waals surface area contributed by atoms with Crippen LogP contribution >= 0.6 is 0 Å². The van der Waals surface area contributed by atoms with Gasteiger partial charge in [-0.25, -0.2) is 9.59 Å². The van der Waals surface area contributed by atoms with Gasteiger partial charge in [-0.1, -0.05) is 48.5 Å². The highest BCUT2D eigenvalue weighted by molar-refractivity contribution is 6.09. The fraction of sp³-hybridized carbons (Fsp3) is 0.0968. The third-order valence-corrected chi connectivity index (χ3v) is 5.96. The van der Waals surface area contributed by atoms with E-state index in [9.17, 15) is 19.2 Å². The molecule has 0 aliphatic heterocycles. The lowest BCUT2D eigenvalue weighted by Crippen LogP contribution is -2.16. The number of benzene rings is 4. The van der Waals surface area contributed by atoms with Crippen molar-refractivity contribution in [3.63, 3.8) is 0 Å². The number of methoxy groups -OCH3 is 2. The number of anilines is 2. The summed E-state index contributed by atoms with van der Waals surface area (Å²) < 4.78 is 9.77. The Labute approximate surface area is 225 Å². The molecule has 2 N–H and O–H groups in total. The molecule has 4 rings (SSSR count). The molecule has 0 radical (unpaired) electrons. The molecule has 0 saturated carbocycles. The summed E-state index contributed by atoms with van der Waals surface area (Å²) in [6.07, 6.45) is 0.380. The third kappa shape index (κ3) is 6.56. The summed E-state index contributed by atoms with van der Waals surface area (Å²) in [6.45, 7) is 0. The van der Waals surface area contributed by atoms with E-state index in [1.54, 1.807) is 97.1 Å². The molecule has 39 heavy (non-hydrogen) atoms. The molecule has 0 atom stereocenters. The molecule has 8 nitrogen and oxygen atoms in total. The van der Waals surface area contributed by atoms with Crippen LogP contribution in [0.3, 0.4) is 0 Å². The first-order valence-corrected chi connectivity index (χ1v) is 12.0. The van der Waals surface area contributed by atoms with Crippen molar-refractivity contribution in [2.75, 3.05) is 24.9 Å². The molecule has 0 unspecified atom stereocenters. The summed E-state index contributed by atoms with van der Waals surface area (Å²) in [7, 11) is 2.54. The average molecular weight is 523 g/mol. The zero-order valence-corrected chi connectivity index (χ0v) is 21.4. The fourth-order valence-electron chi connectivity index (χ4n) is 3.99. The first-order chi connectivity index (χ1) is 18.9. The van der Waals surface area contributed by atoms with Crippen LogP contribution in [0, 0.1) is 0 Å². The van der Waals surface area contributed by atoms with E-state index in [4.69, 9.17) is 9.47 Å². The minimum absolute atomic E-state index is 0.211. The molecule has 2 amide bonds. The van der Waals surface area contributed by atoms with Gasteiger partial charge in [0.15, 0.2) is 0 Å². The molecular formula is C31H26N2O6. The van der Waals surface area contributed by atoms with E-state index in [1.165, 1.54) is 14.2 Å². The van der Waals surface area contributed by atoms with Gasteiger partial charge in [-0.05, 0) is 66.1 Å². The van der Waals surface area contributed by atoms with Crippen LogP contribution in [0.1, 0.15) is 52.6 Å². The Morgan fingerprint density at radius 2 is 0.949 bits per heavy atom. The van der Waals surface area contributed by atoms with Gasteiger partial charge in [0.1, 0.15) is 0 Å². The van der Waals surface area contributed by atoms with Gasteiger partial charge in [0.2, 0.25) is 0 Å². The predicted molar refractivity (Wildman–Crippen MR) is 147 cm³/mol. The van der Waals surface area contributed by atoms with Crippen LogP contribution < -0.4 is 10.6 Å². The molecule has 0 bridgehead atoms. The van der Waals surface area contributed by atoms with Gasteiger partial charge in [0.05, 0.1) is 36.7 Å². The van der Waals surface area contributed by atoms with E-state index in [2.05, 4.69) is 10.6 Å². The van der Waals surface area contributed by atoms with E-state index in [0.29, 0.717) is 28.9 Å². The molecular weight excluding hydrogens is 496 g/mol. The van der Waals surface area contributed by atoms with Gasteiger partial charge >= 0.3 is 11.9 Å². The van der Waals surface area contributed by atoms with Gasteiger partial charge in [0.25, 0.3) is 11.8 Å². The number of hydrogen-bond acceptors (Lipinski definition) is 6. The quantitative estimate of drug-likeness (QED) is 0.302. The second kappa shape index (κ2) is 12.3. The Morgan fingerprint density at radius 1 is 0.564 bits per heavy atom. The lowest BCUT2D eigenvalue weighted by Gasteiger charge is -2.14. The molecule has 196 valence electrons. The van der Waals surface area contributed by atoms with Gasteiger partial charge < -0.3 is 20.1 Å². The standard InChI is InChI=1S/C31H26N2O6/c1-38-30(36)24-15-13-20(18-26(24)32-28(34)22-9-5-3-6-10-22)17-21-14-16-25(31(37)39-2)27(19-21)33-29(35)23-11-7-4-8-12-23/h3-16,18-19H,17H2,1-2H3,(H,32,34)(H,33,35). The topological polar surface area (TPSA) is 111 Å². The van der Waals surface area contributed by atoms with Gasteiger partial charge in [0, 0.05) is 11.1 Å². The number of esters is 2. The molecule has 0 heterocycles. The zero-order valence-electron chi connectivity index (χ0n) is 21.4. The summed E-state index contributed by atoms with van der Waals surface area (Å²) in [4.78, 5) is 50.3. The summed E-state index contributed by atoms with van der Waals surface area (Å²) in [5.41, 5.74) is 3.46. The predicted octanol–water partition coefficient (Wildman–Crippen LogP) is 5.36. The van der Waals surface area contributed by atoms with Crippen molar-refractivity contribution in [3.05, 3.63) is 130 Å². The van der Waals surface area contributed by atoms with Crippen LogP contribution in [0.2, 0.25) is 0 Å². The molecule has 8 heteroatoms. The Balaban J connectivity index is 1.64. The SMILES string of the molecule is COC(=O)c1ccc(Cc2ccc(C(=O)OC)c(NC(=O)c3ccccc3)c2)cc1NC(=O)c1ccccc1. The molecule has 0 aliphatic rings. The van der Waals surface area contributed by atoms with Crippen LogP contribution in [0.25, 0.3) is 0 Å². The number of hydrogen-bond donors (Lipinski definition) is 2. The summed E-state index contributed by atoms with van der Waals surface area (Å²) in [6, 6.07) is 27.4. The molecule has 0 saturated heterocycles. The Kier molecular flexibility index (Phi) is 8.48. The van der Waals surface area contributed by atoms with E-state index < -0.39 is 11.9 Å². The van der Waals surface area contributed by atoms with Crippen molar-refractivity contribution in [2.45, 2.75) is 6.42 Å². The molecule has 0 aliphatic carbocycles. The second-order valence-electron chi connectivity index (χ2n) is 8.56. The van der Waals surface area contributed by atoms with Gasteiger partial charge in [-0.3, -0.25) is 9.59 Å². The van der Waals surface area contributed by atoms with Crippen molar-refractivity contribution in [2.24, 2.45) is 0 Å². The first-order valence-electron chi connectivity index (χ1n) is 12.0. The average Bonchev–Trinajstić information content (AvgIpc) is 2.97. The number of amides is 2. The molecule has 0 spiro atoms. The largest absolute Gasteiger partial charge is 0.465 e. The maximum absolute atomic E-state index is 12.8.